The van der Waals surface area contributed by atoms with E-state index < -0.39 is 0 Å². The molecule has 2 aliphatic heterocycles. The van der Waals surface area contributed by atoms with E-state index in [0.29, 0.717) is 18.5 Å². The number of rotatable bonds is 0. The molecule has 2 saturated heterocycles. The van der Waals surface area contributed by atoms with E-state index in [-0.39, 0.29) is 28.7 Å². The van der Waals surface area contributed by atoms with Crippen LogP contribution in [0.2, 0.25) is 0 Å². The fourth-order valence-electron chi connectivity index (χ4n) is 3.66. The van der Waals surface area contributed by atoms with E-state index >= 15 is 0 Å². The Labute approximate surface area is 128 Å². The number of carbonyl (C=O) groups excluding carboxylic acids is 2. The lowest BCUT2D eigenvalue weighted by atomic mass is 9.93. The van der Waals surface area contributed by atoms with Gasteiger partial charge in [0.15, 0.2) is 0 Å². The summed E-state index contributed by atoms with van der Waals surface area (Å²) in [6.07, 6.45) is 1.01. The number of hydrogen-bond donors (Lipinski definition) is 0. The lowest BCUT2D eigenvalue weighted by Gasteiger charge is -2.35. The van der Waals surface area contributed by atoms with Crippen LogP contribution in [0.25, 0.3) is 0 Å². The predicted molar refractivity (Wildman–Crippen MR) is 83.7 cm³/mol. The monoisotopic (exact) mass is 294 g/mol. The first-order valence-corrected chi connectivity index (χ1v) is 8.05. The molecule has 2 aliphatic rings. The Kier molecular flexibility index (Phi) is 3.88. The lowest BCUT2D eigenvalue weighted by molar-refractivity contribution is -0.144. The van der Waals surface area contributed by atoms with Crippen molar-refractivity contribution in [2.75, 3.05) is 13.1 Å². The van der Waals surface area contributed by atoms with E-state index in [1.54, 1.807) is 0 Å². The van der Waals surface area contributed by atoms with Gasteiger partial charge in [-0.1, -0.05) is 41.5 Å². The summed E-state index contributed by atoms with van der Waals surface area (Å²) in [6.45, 7) is 15.5. The zero-order chi connectivity index (χ0) is 16.2. The summed E-state index contributed by atoms with van der Waals surface area (Å²) in [7, 11) is 0. The molecule has 0 aromatic carbocycles. The third-order valence-electron chi connectivity index (χ3n) is 4.69. The molecule has 3 unspecified atom stereocenters. The highest BCUT2D eigenvalue weighted by Gasteiger charge is 2.50. The smallest absolute Gasteiger partial charge is 0.228 e. The number of carbonyl (C=O) groups is 2. The predicted octanol–water partition coefficient (Wildman–Crippen LogP) is 2.53. The molecule has 3 atom stereocenters. The minimum absolute atomic E-state index is 0.202. The lowest BCUT2D eigenvalue weighted by Crippen LogP contribution is -2.49. The quantitative estimate of drug-likeness (QED) is 0.689. The van der Waals surface area contributed by atoms with Crippen molar-refractivity contribution >= 4 is 11.8 Å². The first-order chi connectivity index (χ1) is 9.43. The summed E-state index contributed by atoms with van der Waals surface area (Å²) in [5, 5.41) is 0. The van der Waals surface area contributed by atoms with Gasteiger partial charge in [-0.2, -0.15) is 0 Å². The van der Waals surface area contributed by atoms with Gasteiger partial charge in [-0.15, -0.1) is 0 Å². The Morgan fingerprint density at radius 2 is 1.43 bits per heavy atom. The van der Waals surface area contributed by atoms with Crippen molar-refractivity contribution in [1.29, 1.82) is 0 Å². The van der Waals surface area contributed by atoms with Crippen LogP contribution in [-0.2, 0) is 9.59 Å². The van der Waals surface area contributed by atoms with Crippen molar-refractivity contribution in [2.45, 2.75) is 67.0 Å². The Bertz CT molecular complexity index is 445. The van der Waals surface area contributed by atoms with Crippen molar-refractivity contribution in [1.82, 2.24) is 9.80 Å². The van der Waals surface area contributed by atoms with Crippen LogP contribution in [0.4, 0.5) is 0 Å². The van der Waals surface area contributed by atoms with Crippen molar-refractivity contribution < 1.29 is 9.59 Å². The molecule has 0 aliphatic carbocycles. The molecule has 120 valence electrons. The topological polar surface area (TPSA) is 40.6 Å². The van der Waals surface area contributed by atoms with Gasteiger partial charge in [0.05, 0.1) is 6.04 Å². The van der Waals surface area contributed by atoms with Crippen LogP contribution < -0.4 is 0 Å². The number of nitrogens with zero attached hydrogens (tertiary/aromatic N) is 2. The zero-order valence-electron chi connectivity index (χ0n) is 14.6. The van der Waals surface area contributed by atoms with Gasteiger partial charge in [0.25, 0.3) is 0 Å². The standard InChI is InChI=1S/C17H30N2O2/c1-11-8-12-9-18(14(20)16(2,3)4)10-13(12)19(11)15(21)17(5,6)7/h11-13H,8-10H2,1-7H3. The second-order valence-corrected chi connectivity index (χ2v) is 8.83. The Hall–Kier alpha value is -1.06. The normalized spacial score (nSPS) is 29.8. The molecule has 0 aromatic heterocycles. The van der Waals surface area contributed by atoms with Gasteiger partial charge in [0, 0.05) is 35.9 Å². The second-order valence-electron chi connectivity index (χ2n) is 8.83. The summed E-state index contributed by atoms with van der Waals surface area (Å²) in [6, 6.07) is 0.497. The molecule has 0 radical (unpaired) electrons. The van der Waals surface area contributed by atoms with Gasteiger partial charge in [-0.05, 0) is 13.3 Å². The third kappa shape index (κ3) is 2.95. The van der Waals surface area contributed by atoms with Gasteiger partial charge in [-0.25, -0.2) is 0 Å². The van der Waals surface area contributed by atoms with Crippen LogP contribution in [0.15, 0.2) is 0 Å². The highest BCUT2D eigenvalue weighted by Crippen LogP contribution is 2.39. The summed E-state index contributed by atoms with van der Waals surface area (Å²) < 4.78 is 0. The Balaban J connectivity index is 2.16. The van der Waals surface area contributed by atoms with Gasteiger partial charge < -0.3 is 9.80 Å². The number of fused-ring (bicyclic) bond motifs is 1. The summed E-state index contributed by atoms with van der Waals surface area (Å²) in [4.78, 5) is 29.2. The van der Waals surface area contributed by atoms with Crippen molar-refractivity contribution in [3.8, 4) is 0 Å². The maximum absolute atomic E-state index is 12.7. The van der Waals surface area contributed by atoms with Gasteiger partial charge in [-0.3, -0.25) is 9.59 Å². The fourth-order valence-corrected chi connectivity index (χ4v) is 3.66. The molecule has 2 fully saturated rings. The molecular formula is C17H30N2O2. The average molecular weight is 294 g/mol. The Morgan fingerprint density at radius 3 is 1.90 bits per heavy atom. The molecule has 0 spiro atoms. The van der Waals surface area contributed by atoms with Crippen molar-refractivity contribution in [2.24, 2.45) is 16.7 Å². The van der Waals surface area contributed by atoms with Crippen molar-refractivity contribution in [3.05, 3.63) is 0 Å². The number of likely N-dealkylation sites (tertiary alicyclic amines) is 2. The molecule has 4 nitrogen and oxygen atoms in total. The molecule has 4 heteroatoms. The molecule has 21 heavy (non-hydrogen) atoms. The first-order valence-electron chi connectivity index (χ1n) is 8.05. The maximum Gasteiger partial charge on any atom is 0.228 e. The minimum atomic E-state index is -0.357. The Morgan fingerprint density at radius 1 is 0.905 bits per heavy atom. The molecular weight excluding hydrogens is 264 g/mol. The van der Waals surface area contributed by atoms with Crippen molar-refractivity contribution in [3.63, 3.8) is 0 Å². The van der Waals surface area contributed by atoms with E-state index in [9.17, 15) is 9.59 Å². The molecule has 0 aromatic rings. The highest BCUT2D eigenvalue weighted by molar-refractivity contribution is 5.84. The van der Waals surface area contributed by atoms with E-state index in [0.717, 1.165) is 13.0 Å². The molecule has 2 amide bonds. The largest absolute Gasteiger partial charge is 0.340 e. The summed E-state index contributed by atoms with van der Waals surface area (Å²) >= 11 is 0. The van der Waals surface area contributed by atoms with Crippen LogP contribution in [0, 0.1) is 16.7 Å². The van der Waals surface area contributed by atoms with Crippen LogP contribution in [-0.4, -0.2) is 46.8 Å². The van der Waals surface area contributed by atoms with E-state index in [1.807, 2.05) is 46.4 Å². The molecule has 0 saturated carbocycles. The van der Waals surface area contributed by atoms with Crippen LogP contribution in [0.3, 0.4) is 0 Å². The fraction of sp³-hybridized carbons (Fsp3) is 0.882. The van der Waals surface area contributed by atoms with E-state index in [1.165, 1.54) is 0 Å². The number of amides is 2. The first kappa shape index (κ1) is 16.3. The van der Waals surface area contributed by atoms with E-state index in [2.05, 4.69) is 11.8 Å². The average Bonchev–Trinajstić information content (AvgIpc) is 2.80. The summed E-state index contributed by atoms with van der Waals surface area (Å²) in [5.74, 6) is 0.859. The summed E-state index contributed by atoms with van der Waals surface area (Å²) in [5.41, 5.74) is -0.701. The maximum atomic E-state index is 12.7. The minimum Gasteiger partial charge on any atom is -0.340 e. The second kappa shape index (κ2) is 4.99. The zero-order valence-corrected chi connectivity index (χ0v) is 14.6. The SMILES string of the molecule is CC1CC2CN(C(=O)C(C)(C)C)CC2N1C(=O)C(C)(C)C. The van der Waals surface area contributed by atoms with Crippen LogP contribution >= 0.6 is 0 Å². The van der Waals surface area contributed by atoms with Gasteiger partial charge >= 0.3 is 0 Å². The van der Waals surface area contributed by atoms with Gasteiger partial charge in [0.2, 0.25) is 11.8 Å². The molecule has 2 rings (SSSR count). The van der Waals surface area contributed by atoms with E-state index in [4.69, 9.17) is 0 Å². The third-order valence-corrected chi connectivity index (χ3v) is 4.69. The number of hydrogen-bond acceptors (Lipinski definition) is 2. The van der Waals surface area contributed by atoms with Crippen LogP contribution in [0.5, 0.6) is 0 Å². The van der Waals surface area contributed by atoms with Crippen LogP contribution in [0.1, 0.15) is 54.9 Å². The molecule has 0 N–H and O–H groups in total. The molecule has 2 heterocycles. The molecule has 0 bridgehead atoms. The van der Waals surface area contributed by atoms with Gasteiger partial charge in [0.1, 0.15) is 0 Å². The highest BCUT2D eigenvalue weighted by atomic mass is 16.2.